The summed E-state index contributed by atoms with van der Waals surface area (Å²) >= 11 is 0. The minimum Gasteiger partial charge on any atom is -0.496 e. The summed E-state index contributed by atoms with van der Waals surface area (Å²) < 4.78 is 5.42. The summed E-state index contributed by atoms with van der Waals surface area (Å²) in [7, 11) is 1.72. The highest BCUT2D eigenvalue weighted by Crippen LogP contribution is 2.26. The zero-order valence-electron chi connectivity index (χ0n) is 13.2. The minimum absolute atomic E-state index is 0.0149. The fourth-order valence-corrected chi connectivity index (χ4v) is 2.94. The number of nitrogens with zero attached hydrogens (tertiary/aromatic N) is 1. The van der Waals surface area contributed by atoms with Crippen LogP contribution in [0, 0.1) is 18.3 Å². The van der Waals surface area contributed by atoms with Crippen LogP contribution in [0.3, 0.4) is 0 Å². The number of piperidine rings is 1. The Morgan fingerprint density at radius 2 is 2.14 bits per heavy atom. The zero-order chi connectivity index (χ0) is 15.8. The third-order valence-corrected chi connectivity index (χ3v) is 4.16. The maximum Gasteiger partial charge on any atom is 0.234 e. The number of carbonyl (C=O) groups is 1. The number of nitrogens with one attached hydrogen (secondary N) is 1. The number of likely N-dealkylation sites (tertiary alicyclic amines) is 1. The van der Waals surface area contributed by atoms with E-state index in [-0.39, 0.29) is 5.91 Å². The average molecular weight is 300 g/mol. The molecule has 0 saturated carbocycles. The number of hydrogen-bond acceptors (Lipinski definition) is 3. The molecule has 2 rings (SSSR count). The molecule has 1 amide bonds. The maximum absolute atomic E-state index is 11.7. The van der Waals surface area contributed by atoms with Gasteiger partial charge >= 0.3 is 0 Å². The summed E-state index contributed by atoms with van der Waals surface area (Å²) in [6, 6.07) is 8.21. The van der Waals surface area contributed by atoms with Crippen molar-refractivity contribution in [2.75, 3.05) is 33.3 Å². The lowest BCUT2D eigenvalue weighted by Gasteiger charge is -2.31. The second kappa shape index (κ2) is 8.45. The number of benzene rings is 1. The first-order valence-electron chi connectivity index (χ1n) is 7.77. The van der Waals surface area contributed by atoms with Crippen molar-refractivity contribution >= 4 is 5.91 Å². The highest BCUT2D eigenvalue weighted by atomic mass is 16.5. The minimum atomic E-state index is 0.0149. The molecule has 0 spiro atoms. The van der Waals surface area contributed by atoms with E-state index in [0.717, 1.165) is 38.1 Å². The largest absolute Gasteiger partial charge is 0.496 e. The normalized spacial score (nSPS) is 16.0. The fraction of sp³-hybridized carbons (Fsp3) is 0.500. The third-order valence-electron chi connectivity index (χ3n) is 4.16. The van der Waals surface area contributed by atoms with Gasteiger partial charge in [-0.15, -0.1) is 6.42 Å². The molecule has 1 heterocycles. The Morgan fingerprint density at radius 1 is 1.41 bits per heavy atom. The number of carbonyl (C=O) groups excluding carboxylic acids is 1. The van der Waals surface area contributed by atoms with Gasteiger partial charge in [0.05, 0.1) is 20.2 Å². The van der Waals surface area contributed by atoms with E-state index in [9.17, 15) is 4.79 Å². The van der Waals surface area contributed by atoms with Gasteiger partial charge in [-0.1, -0.05) is 24.1 Å². The molecule has 1 aliphatic heterocycles. The number of amides is 1. The average Bonchev–Trinajstić information content (AvgIpc) is 2.55. The number of rotatable bonds is 6. The molecular formula is C18H24N2O2. The van der Waals surface area contributed by atoms with Gasteiger partial charge in [-0.3, -0.25) is 9.69 Å². The van der Waals surface area contributed by atoms with Crippen LogP contribution in [-0.4, -0.2) is 44.1 Å². The molecule has 4 nitrogen and oxygen atoms in total. The molecule has 0 aromatic heterocycles. The van der Waals surface area contributed by atoms with Crippen molar-refractivity contribution in [3.63, 3.8) is 0 Å². The van der Waals surface area contributed by atoms with E-state index in [1.807, 2.05) is 12.1 Å². The first-order valence-corrected chi connectivity index (χ1v) is 7.77. The van der Waals surface area contributed by atoms with E-state index in [0.29, 0.717) is 19.0 Å². The predicted molar refractivity (Wildman–Crippen MR) is 87.7 cm³/mol. The molecule has 0 atom stereocenters. The zero-order valence-corrected chi connectivity index (χ0v) is 13.2. The van der Waals surface area contributed by atoms with Crippen LogP contribution in [0.25, 0.3) is 0 Å². The summed E-state index contributed by atoms with van der Waals surface area (Å²) in [5, 5.41) is 2.71. The van der Waals surface area contributed by atoms with Crippen LogP contribution in [-0.2, 0) is 11.2 Å². The number of hydrogen-bond donors (Lipinski definition) is 1. The summed E-state index contributed by atoms with van der Waals surface area (Å²) in [4.78, 5) is 13.9. The Labute approximate surface area is 132 Å². The number of para-hydroxylation sites is 1. The molecule has 4 heteroatoms. The molecule has 0 aliphatic carbocycles. The maximum atomic E-state index is 11.7. The second-order valence-corrected chi connectivity index (χ2v) is 5.72. The van der Waals surface area contributed by atoms with Crippen molar-refractivity contribution in [1.29, 1.82) is 0 Å². The fourth-order valence-electron chi connectivity index (χ4n) is 2.94. The summed E-state index contributed by atoms with van der Waals surface area (Å²) in [5.41, 5.74) is 1.27. The standard InChI is InChI=1S/C18H24N2O2/c1-3-10-19-18(21)14-20-11-8-15(9-12-20)13-16-6-4-5-7-17(16)22-2/h1,4-7,15H,8-14H2,2H3,(H,19,21). The van der Waals surface area contributed by atoms with Gasteiger partial charge in [-0.05, 0) is 49.9 Å². The van der Waals surface area contributed by atoms with Gasteiger partial charge in [0.1, 0.15) is 5.75 Å². The highest BCUT2D eigenvalue weighted by Gasteiger charge is 2.21. The van der Waals surface area contributed by atoms with Crippen LogP contribution in [0.15, 0.2) is 24.3 Å². The van der Waals surface area contributed by atoms with Crippen molar-refractivity contribution in [2.24, 2.45) is 5.92 Å². The molecule has 1 aromatic rings. The van der Waals surface area contributed by atoms with Gasteiger partial charge in [0.15, 0.2) is 0 Å². The Bertz CT molecular complexity index is 528. The monoisotopic (exact) mass is 300 g/mol. The molecule has 1 saturated heterocycles. The van der Waals surface area contributed by atoms with Crippen LogP contribution in [0.4, 0.5) is 0 Å². The van der Waals surface area contributed by atoms with Crippen molar-refractivity contribution in [3.8, 4) is 18.1 Å². The van der Waals surface area contributed by atoms with Crippen molar-refractivity contribution in [2.45, 2.75) is 19.3 Å². The summed E-state index contributed by atoms with van der Waals surface area (Å²) in [6.07, 6.45) is 8.40. The van der Waals surface area contributed by atoms with E-state index in [1.54, 1.807) is 7.11 Å². The molecular weight excluding hydrogens is 276 g/mol. The SMILES string of the molecule is C#CCNC(=O)CN1CCC(Cc2ccccc2OC)CC1. The van der Waals surface area contributed by atoms with Gasteiger partial charge in [0, 0.05) is 0 Å². The van der Waals surface area contributed by atoms with Crippen LogP contribution >= 0.6 is 0 Å². The molecule has 1 aliphatic rings. The van der Waals surface area contributed by atoms with Crippen LogP contribution in [0.2, 0.25) is 0 Å². The predicted octanol–water partition coefficient (Wildman–Crippen LogP) is 1.70. The van der Waals surface area contributed by atoms with Crippen LogP contribution in [0.1, 0.15) is 18.4 Å². The molecule has 0 bridgehead atoms. The number of methoxy groups -OCH3 is 1. The smallest absolute Gasteiger partial charge is 0.234 e. The first-order chi connectivity index (χ1) is 10.7. The molecule has 1 aromatic carbocycles. The van der Waals surface area contributed by atoms with Gasteiger partial charge in [-0.25, -0.2) is 0 Å². The topological polar surface area (TPSA) is 41.6 Å². The lowest BCUT2D eigenvalue weighted by Crippen LogP contribution is -2.41. The Morgan fingerprint density at radius 3 is 2.82 bits per heavy atom. The lowest BCUT2D eigenvalue weighted by molar-refractivity contribution is -0.122. The van der Waals surface area contributed by atoms with Crippen LogP contribution in [0.5, 0.6) is 5.75 Å². The van der Waals surface area contributed by atoms with E-state index in [4.69, 9.17) is 11.2 Å². The second-order valence-electron chi connectivity index (χ2n) is 5.72. The lowest BCUT2D eigenvalue weighted by atomic mass is 9.90. The molecule has 0 radical (unpaired) electrons. The van der Waals surface area contributed by atoms with E-state index in [1.165, 1.54) is 5.56 Å². The first kappa shape index (κ1) is 16.4. The molecule has 1 N–H and O–H groups in total. The summed E-state index contributed by atoms with van der Waals surface area (Å²) in [5.74, 6) is 4.06. The molecule has 118 valence electrons. The van der Waals surface area contributed by atoms with Crippen molar-refractivity contribution < 1.29 is 9.53 Å². The van der Waals surface area contributed by atoms with Crippen LogP contribution < -0.4 is 10.1 Å². The van der Waals surface area contributed by atoms with Gasteiger partial charge in [0.2, 0.25) is 5.91 Å². The van der Waals surface area contributed by atoms with E-state index < -0.39 is 0 Å². The molecule has 22 heavy (non-hydrogen) atoms. The Balaban J connectivity index is 1.78. The molecule has 1 fully saturated rings. The molecule has 0 unspecified atom stereocenters. The third kappa shape index (κ3) is 4.78. The quantitative estimate of drug-likeness (QED) is 0.813. The Hall–Kier alpha value is -1.99. The van der Waals surface area contributed by atoms with Gasteiger partial charge < -0.3 is 10.1 Å². The number of terminal acetylenes is 1. The van der Waals surface area contributed by atoms with Crippen molar-refractivity contribution in [1.82, 2.24) is 10.2 Å². The summed E-state index contributed by atoms with van der Waals surface area (Å²) in [6.45, 7) is 2.68. The van der Waals surface area contributed by atoms with E-state index in [2.05, 4.69) is 28.3 Å². The van der Waals surface area contributed by atoms with Crippen molar-refractivity contribution in [3.05, 3.63) is 29.8 Å². The highest BCUT2D eigenvalue weighted by molar-refractivity contribution is 5.78. The number of ether oxygens (including phenoxy) is 1. The van der Waals surface area contributed by atoms with Gasteiger partial charge in [0.25, 0.3) is 0 Å². The van der Waals surface area contributed by atoms with E-state index >= 15 is 0 Å². The Kier molecular flexibility index (Phi) is 6.29. The van der Waals surface area contributed by atoms with Gasteiger partial charge in [-0.2, -0.15) is 0 Å².